The zero-order chi connectivity index (χ0) is 12.2. The van der Waals surface area contributed by atoms with Gasteiger partial charge in [-0.15, -0.1) is 0 Å². The van der Waals surface area contributed by atoms with E-state index in [0.29, 0.717) is 10.8 Å². The van der Waals surface area contributed by atoms with Gasteiger partial charge in [0.05, 0.1) is 0 Å². The lowest BCUT2D eigenvalue weighted by atomic mass is 9.82. The van der Waals surface area contributed by atoms with Gasteiger partial charge in [0.15, 0.2) is 0 Å². The molecule has 0 nitrogen and oxygen atoms in total. The predicted molar refractivity (Wildman–Crippen MR) is 76.1 cm³/mol. The lowest BCUT2D eigenvalue weighted by Gasteiger charge is -2.22. The highest BCUT2D eigenvalue weighted by Gasteiger charge is 2.75. The van der Waals surface area contributed by atoms with Gasteiger partial charge in [-0.05, 0) is 37.2 Å². The first kappa shape index (κ1) is 10.6. The number of hydrogen-bond donors (Lipinski definition) is 0. The Morgan fingerprint density at radius 2 is 1.89 bits per heavy atom. The molecule has 0 N–H and O–H groups in total. The number of rotatable bonds is 1. The zero-order valence-electron chi connectivity index (χ0n) is 11.0. The van der Waals surface area contributed by atoms with E-state index in [1.165, 1.54) is 31.2 Å². The van der Waals surface area contributed by atoms with E-state index in [1.807, 2.05) is 0 Å². The molecule has 3 aliphatic carbocycles. The third kappa shape index (κ3) is 1.07. The summed E-state index contributed by atoms with van der Waals surface area (Å²) in [6, 6.07) is 10.9. The molecule has 0 bridgehead atoms. The van der Waals surface area contributed by atoms with E-state index in [0.717, 1.165) is 5.92 Å². The monoisotopic (exact) mass is 236 g/mol. The van der Waals surface area contributed by atoms with Gasteiger partial charge in [-0.2, -0.15) is 0 Å². The van der Waals surface area contributed by atoms with E-state index in [-0.39, 0.29) is 0 Å². The Labute approximate surface area is 109 Å². The Hall–Kier alpha value is -1.30. The molecule has 0 aromatic heterocycles. The van der Waals surface area contributed by atoms with Crippen molar-refractivity contribution in [3.63, 3.8) is 0 Å². The van der Waals surface area contributed by atoms with Crippen LogP contribution >= 0.6 is 0 Å². The summed E-state index contributed by atoms with van der Waals surface area (Å²) < 4.78 is 0. The van der Waals surface area contributed by atoms with Crippen LogP contribution in [0.2, 0.25) is 0 Å². The summed E-state index contributed by atoms with van der Waals surface area (Å²) in [5, 5.41) is 0. The minimum atomic E-state index is 0.539. The van der Waals surface area contributed by atoms with E-state index in [4.69, 9.17) is 0 Å². The Balaban J connectivity index is 1.79. The summed E-state index contributed by atoms with van der Waals surface area (Å²) in [5.74, 6) is 0.873. The maximum Gasteiger partial charge on any atom is 0.00781 e. The van der Waals surface area contributed by atoms with Crippen molar-refractivity contribution >= 4 is 6.08 Å². The van der Waals surface area contributed by atoms with Crippen molar-refractivity contribution in [1.29, 1.82) is 0 Å². The van der Waals surface area contributed by atoms with E-state index in [9.17, 15) is 0 Å². The summed E-state index contributed by atoms with van der Waals surface area (Å²) >= 11 is 0. The number of hydrogen-bond acceptors (Lipinski definition) is 0. The van der Waals surface area contributed by atoms with Gasteiger partial charge in [0.25, 0.3) is 0 Å². The highest BCUT2D eigenvalue weighted by Crippen LogP contribution is 2.84. The standard InChI is InChI=1S/C18H20/c1-14-9-12-17-10-5-6-11-18(14,17)16(17)13-15-7-3-2-4-8-15/h2-8,13-14H,9-12H2,1H3/b16-13+/t14-,17+,18-/m0/s1. The van der Waals surface area contributed by atoms with E-state index < -0.39 is 0 Å². The van der Waals surface area contributed by atoms with Crippen molar-refractivity contribution < 1.29 is 0 Å². The summed E-state index contributed by atoms with van der Waals surface area (Å²) in [7, 11) is 0. The topological polar surface area (TPSA) is 0 Å². The molecule has 3 atom stereocenters. The molecule has 3 aliphatic rings. The lowest BCUT2D eigenvalue weighted by Crippen LogP contribution is -2.14. The Kier molecular flexibility index (Phi) is 1.99. The molecule has 4 rings (SSSR count). The fraction of sp³-hybridized carbons (Fsp3) is 0.444. The Morgan fingerprint density at radius 3 is 2.67 bits per heavy atom. The van der Waals surface area contributed by atoms with Crippen molar-refractivity contribution in [3.05, 3.63) is 53.6 Å². The number of allylic oxidation sites excluding steroid dienone is 3. The molecule has 0 unspecified atom stereocenters. The van der Waals surface area contributed by atoms with Crippen molar-refractivity contribution in [1.82, 2.24) is 0 Å². The molecule has 92 valence electrons. The molecule has 0 spiro atoms. The summed E-state index contributed by atoms with van der Waals surface area (Å²) in [6.07, 6.45) is 12.7. The first-order valence-electron chi connectivity index (χ1n) is 7.22. The van der Waals surface area contributed by atoms with Crippen LogP contribution in [0.3, 0.4) is 0 Å². The second-order valence-electron chi connectivity index (χ2n) is 6.34. The first-order valence-corrected chi connectivity index (χ1v) is 7.22. The van der Waals surface area contributed by atoms with Crippen LogP contribution in [0.4, 0.5) is 0 Å². The average Bonchev–Trinajstić information content (AvgIpc) is 2.87. The maximum atomic E-state index is 2.49. The molecule has 1 aromatic rings. The average molecular weight is 236 g/mol. The normalized spacial score (nSPS) is 42.7. The third-order valence-electron chi connectivity index (χ3n) is 5.82. The maximum absolute atomic E-state index is 2.49. The van der Waals surface area contributed by atoms with Crippen LogP contribution < -0.4 is 0 Å². The van der Waals surface area contributed by atoms with Crippen molar-refractivity contribution in [2.45, 2.75) is 32.6 Å². The van der Waals surface area contributed by atoms with Crippen LogP contribution in [0.1, 0.15) is 38.2 Å². The van der Waals surface area contributed by atoms with Crippen LogP contribution in [0.25, 0.3) is 6.08 Å². The number of benzene rings is 1. The molecule has 2 fully saturated rings. The molecular weight excluding hydrogens is 216 g/mol. The second-order valence-corrected chi connectivity index (χ2v) is 6.34. The molecule has 0 aliphatic heterocycles. The second kappa shape index (κ2) is 3.38. The quantitative estimate of drug-likeness (QED) is 0.612. The highest BCUT2D eigenvalue weighted by molar-refractivity contribution is 5.67. The molecule has 0 radical (unpaired) electrons. The van der Waals surface area contributed by atoms with Gasteiger partial charge in [-0.1, -0.05) is 61.1 Å². The van der Waals surface area contributed by atoms with Crippen molar-refractivity contribution in [3.8, 4) is 0 Å². The van der Waals surface area contributed by atoms with Crippen molar-refractivity contribution in [2.75, 3.05) is 0 Å². The lowest BCUT2D eigenvalue weighted by molar-refractivity contribution is 0.315. The van der Waals surface area contributed by atoms with E-state index in [1.54, 1.807) is 5.57 Å². The SMILES string of the molecule is C[C@H]1CC[C@@]23CC=CC[C@@]12/C3=C/c1ccccc1. The molecule has 1 aromatic carbocycles. The van der Waals surface area contributed by atoms with Gasteiger partial charge < -0.3 is 0 Å². The minimum absolute atomic E-state index is 0.539. The fourth-order valence-electron chi connectivity index (χ4n) is 4.87. The van der Waals surface area contributed by atoms with Crippen LogP contribution in [0.15, 0.2) is 48.1 Å². The first-order chi connectivity index (χ1) is 8.80. The van der Waals surface area contributed by atoms with Gasteiger partial charge in [-0.3, -0.25) is 0 Å². The molecule has 18 heavy (non-hydrogen) atoms. The molecular formula is C18H20. The third-order valence-corrected chi connectivity index (χ3v) is 5.82. The summed E-state index contributed by atoms with van der Waals surface area (Å²) in [6.45, 7) is 2.47. The van der Waals surface area contributed by atoms with Crippen LogP contribution in [0, 0.1) is 16.7 Å². The predicted octanol–water partition coefficient (Wildman–Crippen LogP) is 4.84. The summed E-state index contributed by atoms with van der Waals surface area (Å²) in [5.41, 5.74) is 4.23. The molecule has 0 heterocycles. The largest absolute Gasteiger partial charge is 0.0876 e. The minimum Gasteiger partial charge on any atom is -0.0876 e. The highest BCUT2D eigenvalue weighted by atomic mass is 14.8. The van der Waals surface area contributed by atoms with Gasteiger partial charge in [0.1, 0.15) is 0 Å². The van der Waals surface area contributed by atoms with Crippen LogP contribution in [0.5, 0.6) is 0 Å². The molecule has 0 saturated heterocycles. The fourth-order valence-corrected chi connectivity index (χ4v) is 4.87. The molecule has 0 amide bonds. The van der Waals surface area contributed by atoms with Gasteiger partial charge in [0, 0.05) is 10.8 Å². The Bertz CT molecular complexity index is 536. The summed E-state index contributed by atoms with van der Waals surface area (Å²) in [4.78, 5) is 0. The molecule has 2 saturated carbocycles. The Morgan fingerprint density at radius 1 is 1.11 bits per heavy atom. The smallest absolute Gasteiger partial charge is 0.00781 e. The van der Waals surface area contributed by atoms with Crippen LogP contribution in [-0.2, 0) is 0 Å². The van der Waals surface area contributed by atoms with Gasteiger partial charge in [-0.25, -0.2) is 0 Å². The van der Waals surface area contributed by atoms with Gasteiger partial charge >= 0.3 is 0 Å². The van der Waals surface area contributed by atoms with Crippen LogP contribution in [-0.4, -0.2) is 0 Å². The zero-order valence-corrected chi connectivity index (χ0v) is 11.0. The van der Waals surface area contributed by atoms with Crippen molar-refractivity contribution in [2.24, 2.45) is 16.7 Å². The van der Waals surface area contributed by atoms with E-state index >= 15 is 0 Å². The van der Waals surface area contributed by atoms with Gasteiger partial charge in [0.2, 0.25) is 0 Å². The van der Waals surface area contributed by atoms with E-state index in [2.05, 4.69) is 55.5 Å². The molecule has 0 heteroatoms.